The molecule has 9 heteroatoms. The van der Waals surface area contributed by atoms with Crippen molar-refractivity contribution in [1.29, 1.82) is 0 Å². The second kappa shape index (κ2) is 8.27. The minimum Gasteiger partial charge on any atom is -0.378 e. The zero-order chi connectivity index (χ0) is 22.1. The van der Waals surface area contributed by atoms with E-state index in [-0.39, 0.29) is 11.5 Å². The number of anilines is 4. The summed E-state index contributed by atoms with van der Waals surface area (Å²) in [5.41, 5.74) is 9.53. The molecule has 0 aliphatic carbocycles. The number of pyridine rings is 2. The average molecular weight is 429 g/mol. The highest BCUT2D eigenvalue weighted by molar-refractivity contribution is 5.95. The molecule has 1 aromatic carbocycles. The van der Waals surface area contributed by atoms with Crippen LogP contribution in [0.3, 0.4) is 0 Å². The molecule has 0 spiro atoms. The van der Waals surface area contributed by atoms with E-state index in [0.717, 1.165) is 48.8 Å². The Labute approximate surface area is 184 Å². The Hall–Kier alpha value is -3.98. The van der Waals surface area contributed by atoms with E-state index in [9.17, 15) is 4.79 Å². The molecule has 4 heterocycles. The van der Waals surface area contributed by atoms with Crippen LogP contribution in [-0.2, 0) is 4.74 Å². The number of nitrogens with two attached hydrogens (primary N) is 1. The van der Waals surface area contributed by atoms with Gasteiger partial charge in [0.2, 0.25) is 5.95 Å². The minimum atomic E-state index is -0.215. The van der Waals surface area contributed by atoms with Gasteiger partial charge in [0, 0.05) is 36.4 Å². The number of nitrogen functional groups attached to an aromatic ring is 1. The Morgan fingerprint density at radius 1 is 1.03 bits per heavy atom. The van der Waals surface area contributed by atoms with Gasteiger partial charge in [-0.2, -0.15) is 0 Å². The highest BCUT2D eigenvalue weighted by atomic mass is 16.5. The number of aromatic nitrogens is 4. The molecular formula is C23H23N7O2. The molecule has 0 saturated carbocycles. The Morgan fingerprint density at radius 2 is 1.78 bits per heavy atom. The lowest BCUT2D eigenvalue weighted by atomic mass is 10.1. The maximum atomic E-state index is 12.6. The van der Waals surface area contributed by atoms with E-state index >= 15 is 0 Å². The van der Waals surface area contributed by atoms with Crippen LogP contribution < -0.4 is 21.5 Å². The largest absolute Gasteiger partial charge is 0.378 e. The number of hydrogen-bond donors (Lipinski definition) is 3. The molecule has 0 amide bonds. The smallest absolute Gasteiger partial charge is 0.259 e. The second-order valence-electron chi connectivity index (χ2n) is 7.65. The Balaban J connectivity index is 1.54. The number of aromatic amines is 1. The van der Waals surface area contributed by atoms with Crippen LogP contribution in [0.2, 0.25) is 0 Å². The van der Waals surface area contributed by atoms with Crippen molar-refractivity contribution >= 4 is 33.9 Å². The van der Waals surface area contributed by atoms with Crippen molar-refractivity contribution in [3.63, 3.8) is 0 Å². The summed E-state index contributed by atoms with van der Waals surface area (Å²) in [6.07, 6.45) is 1.62. The molecule has 1 aliphatic heterocycles. The standard InChI is InChI=1S/C23H23N7O2/c1-14-12-18(29-23(24)26-14)19-13-15-6-7-25-22(31)20(15)21(28-19)27-16-2-4-17(5-3-16)30-8-10-32-11-9-30/h2-7,12-13H,8-11H2,1H3,(H,25,31)(H,27,28)(H2,24,26,29). The molecule has 0 unspecified atom stereocenters. The van der Waals surface area contributed by atoms with E-state index in [4.69, 9.17) is 15.5 Å². The number of nitrogens with zero attached hydrogens (tertiary/aromatic N) is 4. The molecule has 9 nitrogen and oxygen atoms in total. The topological polar surface area (TPSA) is 122 Å². The summed E-state index contributed by atoms with van der Waals surface area (Å²) in [6, 6.07) is 13.6. The molecule has 32 heavy (non-hydrogen) atoms. The predicted molar refractivity (Wildman–Crippen MR) is 125 cm³/mol. The van der Waals surface area contributed by atoms with Crippen LogP contribution in [0.1, 0.15) is 5.69 Å². The van der Waals surface area contributed by atoms with Crippen molar-refractivity contribution in [2.45, 2.75) is 6.92 Å². The molecule has 162 valence electrons. The number of rotatable bonds is 4. The van der Waals surface area contributed by atoms with Gasteiger partial charge < -0.3 is 25.7 Å². The van der Waals surface area contributed by atoms with Gasteiger partial charge in [0.25, 0.3) is 5.56 Å². The quantitative estimate of drug-likeness (QED) is 0.453. The van der Waals surface area contributed by atoms with Crippen LogP contribution in [0, 0.1) is 6.92 Å². The zero-order valence-corrected chi connectivity index (χ0v) is 17.6. The molecular weight excluding hydrogens is 406 g/mol. The number of ether oxygens (including phenoxy) is 1. The lowest BCUT2D eigenvalue weighted by Crippen LogP contribution is -2.36. The van der Waals surface area contributed by atoms with Crippen molar-refractivity contribution in [3.05, 3.63) is 64.7 Å². The summed E-state index contributed by atoms with van der Waals surface area (Å²) >= 11 is 0. The van der Waals surface area contributed by atoms with Crippen LogP contribution in [0.5, 0.6) is 0 Å². The Bertz CT molecular complexity index is 1310. The van der Waals surface area contributed by atoms with Crippen LogP contribution in [0.4, 0.5) is 23.1 Å². The third-order valence-corrected chi connectivity index (χ3v) is 5.39. The maximum absolute atomic E-state index is 12.6. The predicted octanol–water partition coefficient (Wildman–Crippen LogP) is 2.85. The first-order valence-electron chi connectivity index (χ1n) is 10.4. The fourth-order valence-corrected chi connectivity index (χ4v) is 3.87. The van der Waals surface area contributed by atoms with Gasteiger partial charge >= 0.3 is 0 Å². The van der Waals surface area contributed by atoms with E-state index in [0.29, 0.717) is 22.6 Å². The molecule has 1 saturated heterocycles. The summed E-state index contributed by atoms with van der Waals surface area (Å²) in [7, 11) is 0. The highest BCUT2D eigenvalue weighted by Crippen LogP contribution is 2.28. The normalized spacial score (nSPS) is 14.0. The van der Waals surface area contributed by atoms with E-state index in [2.05, 4.69) is 37.3 Å². The van der Waals surface area contributed by atoms with Crippen molar-refractivity contribution < 1.29 is 4.74 Å². The number of aryl methyl sites for hydroxylation is 1. The Kier molecular flexibility index (Phi) is 5.16. The number of hydrogen-bond acceptors (Lipinski definition) is 8. The average Bonchev–Trinajstić information content (AvgIpc) is 2.79. The van der Waals surface area contributed by atoms with E-state index < -0.39 is 0 Å². The molecule has 0 bridgehead atoms. The minimum absolute atomic E-state index is 0.181. The third-order valence-electron chi connectivity index (χ3n) is 5.39. The number of benzene rings is 1. The van der Waals surface area contributed by atoms with Crippen LogP contribution in [0.25, 0.3) is 22.2 Å². The third kappa shape index (κ3) is 3.97. The molecule has 1 fully saturated rings. The molecule has 5 rings (SSSR count). The number of fused-ring (bicyclic) bond motifs is 1. The summed E-state index contributed by atoms with van der Waals surface area (Å²) in [5, 5.41) is 4.54. The number of nitrogens with one attached hydrogen (secondary N) is 2. The van der Waals surface area contributed by atoms with Gasteiger partial charge in [-0.1, -0.05) is 0 Å². The summed E-state index contributed by atoms with van der Waals surface area (Å²) in [6.45, 7) is 5.06. The van der Waals surface area contributed by atoms with Crippen molar-refractivity contribution in [3.8, 4) is 11.4 Å². The van der Waals surface area contributed by atoms with Gasteiger partial charge in [-0.3, -0.25) is 4.79 Å². The SMILES string of the molecule is Cc1cc(-c2cc3cc[nH]c(=O)c3c(Nc3ccc(N4CCOCC4)cc3)n2)nc(N)n1. The molecule has 3 aromatic heterocycles. The summed E-state index contributed by atoms with van der Waals surface area (Å²) < 4.78 is 5.43. The fourth-order valence-electron chi connectivity index (χ4n) is 3.87. The molecule has 1 aliphatic rings. The maximum Gasteiger partial charge on any atom is 0.259 e. The summed E-state index contributed by atoms with van der Waals surface area (Å²) in [5.74, 6) is 0.634. The Morgan fingerprint density at radius 3 is 2.53 bits per heavy atom. The highest BCUT2D eigenvalue weighted by Gasteiger charge is 2.14. The lowest BCUT2D eigenvalue weighted by molar-refractivity contribution is 0.122. The van der Waals surface area contributed by atoms with E-state index in [1.165, 1.54) is 0 Å². The van der Waals surface area contributed by atoms with Gasteiger partial charge in [0.05, 0.1) is 30.0 Å². The molecule has 0 radical (unpaired) electrons. The molecule has 4 N–H and O–H groups in total. The van der Waals surface area contributed by atoms with E-state index in [1.54, 1.807) is 6.20 Å². The van der Waals surface area contributed by atoms with E-state index in [1.807, 2.05) is 37.3 Å². The van der Waals surface area contributed by atoms with Crippen LogP contribution in [0.15, 0.2) is 53.5 Å². The van der Waals surface area contributed by atoms with Gasteiger partial charge in [-0.25, -0.2) is 15.0 Å². The van der Waals surface area contributed by atoms with Crippen LogP contribution in [-0.4, -0.2) is 46.2 Å². The first-order valence-corrected chi connectivity index (χ1v) is 10.4. The summed E-state index contributed by atoms with van der Waals surface area (Å²) in [4.78, 5) is 30.8. The second-order valence-corrected chi connectivity index (χ2v) is 7.65. The lowest BCUT2D eigenvalue weighted by Gasteiger charge is -2.28. The first-order chi connectivity index (χ1) is 15.6. The first kappa shape index (κ1) is 20.0. The number of H-pyrrole nitrogens is 1. The van der Waals surface area contributed by atoms with Crippen molar-refractivity contribution in [1.82, 2.24) is 19.9 Å². The number of morpholine rings is 1. The van der Waals surface area contributed by atoms with Crippen molar-refractivity contribution in [2.24, 2.45) is 0 Å². The van der Waals surface area contributed by atoms with Crippen molar-refractivity contribution in [2.75, 3.05) is 42.3 Å². The van der Waals surface area contributed by atoms with Gasteiger partial charge in [-0.15, -0.1) is 0 Å². The van der Waals surface area contributed by atoms with Gasteiger partial charge in [-0.05, 0) is 54.8 Å². The molecule has 4 aromatic rings. The van der Waals surface area contributed by atoms with Gasteiger partial charge in [0.1, 0.15) is 5.82 Å². The zero-order valence-electron chi connectivity index (χ0n) is 17.6. The van der Waals surface area contributed by atoms with Gasteiger partial charge in [0.15, 0.2) is 0 Å². The van der Waals surface area contributed by atoms with Crippen LogP contribution >= 0.6 is 0 Å². The monoisotopic (exact) mass is 429 g/mol. The molecule has 0 atom stereocenters. The fraction of sp³-hybridized carbons (Fsp3) is 0.217.